The van der Waals surface area contributed by atoms with Crippen LogP contribution in [0.2, 0.25) is 0 Å². The summed E-state index contributed by atoms with van der Waals surface area (Å²) in [5, 5.41) is 2.50. The van der Waals surface area contributed by atoms with Gasteiger partial charge < -0.3 is 16.0 Å². The van der Waals surface area contributed by atoms with Crippen LogP contribution in [0.3, 0.4) is 0 Å². The number of likely N-dealkylation sites (N-methyl/N-ethyl adjacent to an activating group) is 1. The van der Waals surface area contributed by atoms with Gasteiger partial charge in [-0.3, -0.25) is 9.80 Å². The summed E-state index contributed by atoms with van der Waals surface area (Å²) in [4.78, 5) is 19.7. The number of nitrogens with two attached hydrogens (primary N) is 1. The van der Waals surface area contributed by atoms with E-state index in [4.69, 9.17) is 5.73 Å². The zero-order chi connectivity index (χ0) is 28.1. The van der Waals surface area contributed by atoms with Gasteiger partial charge >= 0.3 is 12.2 Å². The molecule has 0 atom stereocenters. The van der Waals surface area contributed by atoms with E-state index in [2.05, 4.69) is 43.5 Å². The van der Waals surface area contributed by atoms with Gasteiger partial charge in [-0.05, 0) is 77.1 Å². The molecule has 0 bridgehead atoms. The number of carbonyl (C=O) groups excluding carboxylic acids is 1. The zero-order valence-electron chi connectivity index (χ0n) is 22.9. The van der Waals surface area contributed by atoms with Gasteiger partial charge in [-0.2, -0.15) is 13.2 Å². The predicted molar refractivity (Wildman–Crippen MR) is 147 cm³/mol. The minimum Gasteiger partial charge on any atom is -0.394 e. The number of hydrogen-bond acceptors (Lipinski definition) is 4. The van der Waals surface area contributed by atoms with Crippen LogP contribution in [0.25, 0.3) is 0 Å². The molecule has 0 aromatic heterocycles. The smallest absolute Gasteiger partial charge is 0.394 e. The molecular formula is C29H42F3N5O. The topological polar surface area (TPSA) is 64.8 Å². The molecule has 0 unspecified atom stereocenters. The molecule has 3 rings (SSSR count). The van der Waals surface area contributed by atoms with Crippen molar-refractivity contribution < 1.29 is 18.0 Å². The summed E-state index contributed by atoms with van der Waals surface area (Å²) in [6.45, 7) is 11.0. The maximum atomic E-state index is 13.8. The minimum absolute atomic E-state index is 0.122. The lowest BCUT2D eigenvalue weighted by Crippen LogP contribution is -2.58. The number of hydrogen-bond donors (Lipinski definition) is 2. The van der Waals surface area contributed by atoms with Crippen LogP contribution in [0.5, 0.6) is 0 Å². The van der Waals surface area contributed by atoms with Crippen molar-refractivity contribution in [2.24, 2.45) is 11.7 Å². The van der Waals surface area contributed by atoms with E-state index in [1.165, 1.54) is 18.7 Å². The quantitative estimate of drug-likeness (QED) is 0.348. The summed E-state index contributed by atoms with van der Waals surface area (Å²) in [6.07, 6.45) is 13.7. The molecule has 2 aliphatic carbocycles. The van der Waals surface area contributed by atoms with Crippen molar-refractivity contribution in [2.45, 2.75) is 69.1 Å². The second-order valence-electron chi connectivity index (χ2n) is 10.8. The predicted octanol–water partition coefficient (Wildman–Crippen LogP) is 5.81. The number of urea groups is 1. The van der Waals surface area contributed by atoms with Crippen molar-refractivity contribution in [3.05, 3.63) is 72.9 Å². The van der Waals surface area contributed by atoms with E-state index in [1.54, 1.807) is 4.90 Å². The van der Waals surface area contributed by atoms with Crippen LogP contribution >= 0.6 is 0 Å². The second kappa shape index (κ2) is 11.8. The van der Waals surface area contributed by atoms with Crippen LogP contribution in [-0.2, 0) is 0 Å². The van der Waals surface area contributed by atoms with Gasteiger partial charge in [0, 0.05) is 24.5 Å². The number of allylic oxidation sites excluding steroid dienone is 5. The molecule has 1 spiro atoms. The molecule has 1 aliphatic heterocycles. The number of nitrogens with zero attached hydrogens (tertiary/aromatic N) is 3. The molecular weight excluding hydrogens is 491 g/mol. The zero-order valence-corrected chi connectivity index (χ0v) is 22.9. The van der Waals surface area contributed by atoms with E-state index < -0.39 is 11.9 Å². The van der Waals surface area contributed by atoms with Gasteiger partial charge in [0.1, 0.15) is 5.70 Å². The molecule has 0 radical (unpaired) electrons. The molecule has 1 saturated heterocycles. The van der Waals surface area contributed by atoms with Crippen LogP contribution in [0.1, 0.15) is 51.9 Å². The first-order chi connectivity index (χ1) is 17.9. The Hall–Kier alpha value is -2.94. The second-order valence-corrected chi connectivity index (χ2v) is 10.8. The van der Waals surface area contributed by atoms with Gasteiger partial charge in [0.2, 0.25) is 0 Å². The first-order valence-corrected chi connectivity index (χ1v) is 13.3. The summed E-state index contributed by atoms with van der Waals surface area (Å²) in [7, 11) is 4.18. The molecule has 210 valence electrons. The highest BCUT2D eigenvalue weighted by Crippen LogP contribution is 2.49. The van der Waals surface area contributed by atoms with Crippen molar-refractivity contribution in [1.29, 1.82) is 0 Å². The highest BCUT2D eigenvalue weighted by Gasteiger charge is 2.55. The average Bonchev–Trinajstić information content (AvgIpc) is 3.10. The summed E-state index contributed by atoms with van der Waals surface area (Å²) >= 11 is 0. The van der Waals surface area contributed by atoms with E-state index in [1.807, 2.05) is 30.1 Å². The number of halogens is 3. The van der Waals surface area contributed by atoms with Gasteiger partial charge in [-0.25, -0.2) is 4.79 Å². The van der Waals surface area contributed by atoms with Gasteiger partial charge in [0.15, 0.2) is 0 Å². The number of nitrogens with one attached hydrogen (secondary N) is 1. The van der Waals surface area contributed by atoms with Crippen LogP contribution in [0, 0.1) is 5.92 Å². The summed E-state index contributed by atoms with van der Waals surface area (Å²) in [5.41, 5.74) is 4.88. The molecule has 2 saturated carbocycles. The van der Waals surface area contributed by atoms with Crippen molar-refractivity contribution in [1.82, 2.24) is 20.0 Å². The number of amides is 2. The van der Waals surface area contributed by atoms with E-state index in [0.717, 1.165) is 44.1 Å². The van der Waals surface area contributed by atoms with Crippen molar-refractivity contribution in [3.63, 3.8) is 0 Å². The highest BCUT2D eigenvalue weighted by atomic mass is 19.4. The molecule has 6 nitrogen and oxygen atoms in total. The van der Waals surface area contributed by atoms with Gasteiger partial charge in [-0.1, -0.05) is 43.9 Å². The molecule has 3 aliphatic rings. The standard InChI is InChI=1S/C29H42F3N5O/c1-6-9-13-23(7-2)28(35(4)5)16-14-27(15-17-28)21-36(26(38)37(27)20-22-11-10-12-22)24(8-3)18-34-19-25(33)29(30,31)32/h6-9,13,18-19,22,34H,2-3,10-12,14-17,20-21,33H2,1,4-5H3/b9-6-,23-13+,24-18+,25-19+. The third-order valence-electron chi connectivity index (χ3n) is 8.56. The molecule has 0 aromatic carbocycles. The number of carbonyl (C=O) groups is 1. The van der Waals surface area contributed by atoms with Gasteiger partial charge in [-0.15, -0.1) is 0 Å². The molecule has 38 heavy (non-hydrogen) atoms. The Morgan fingerprint density at radius 1 is 1.16 bits per heavy atom. The Morgan fingerprint density at radius 3 is 2.29 bits per heavy atom. The fraction of sp³-hybridized carbons (Fsp3) is 0.552. The van der Waals surface area contributed by atoms with Crippen LogP contribution in [-0.4, -0.2) is 65.2 Å². The first kappa shape index (κ1) is 29.6. The lowest BCUT2D eigenvalue weighted by molar-refractivity contribution is -0.0929. The summed E-state index contributed by atoms with van der Waals surface area (Å²) in [5.74, 6) is 0.485. The fourth-order valence-electron chi connectivity index (χ4n) is 5.91. The third-order valence-corrected chi connectivity index (χ3v) is 8.56. The molecule has 1 heterocycles. The largest absolute Gasteiger partial charge is 0.432 e. The average molecular weight is 534 g/mol. The molecule has 3 N–H and O–H groups in total. The normalized spacial score (nSPS) is 28.0. The minimum atomic E-state index is -4.63. The van der Waals surface area contributed by atoms with Crippen LogP contribution in [0.4, 0.5) is 18.0 Å². The SMILES string of the molecule is C=C/C(=C\N/C=C(/N)C(F)(F)F)N1CC2(CCC(/C(C=C)=C/C=C\C)(N(C)C)CC2)N(CC2CCC2)C1=O. The van der Waals surface area contributed by atoms with Crippen molar-refractivity contribution >= 4 is 6.03 Å². The molecule has 2 amide bonds. The van der Waals surface area contributed by atoms with Crippen molar-refractivity contribution in [2.75, 3.05) is 27.2 Å². The van der Waals surface area contributed by atoms with E-state index in [0.29, 0.717) is 30.9 Å². The fourth-order valence-corrected chi connectivity index (χ4v) is 5.91. The molecule has 3 fully saturated rings. The number of rotatable bonds is 10. The third kappa shape index (κ3) is 5.87. The van der Waals surface area contributed by atoms with Crippen LogP contribution < -0.4 is 11.1 Å². The first-order valence-electron chi connectivity index (χ1n) is 13.3. The lowest BCUT2D eigenvalue weighted by Gasteiger charge is -2.52. The molecule has 9 heteroatoms. The highest BCUT2D eigenvalue weighted by molar-refractivity contribution is 5.81. The summed E-state index contributed by atoms with van der Waals surface area (Å²) < 4.78 is 38.3. The maximum Gasteiger partial charge on any atom is 0.432 e. The number of alkyl halides is 3. The maximum absolute atomic E-state index is 13.8. The van der Waals surface area contributed by atoms with E-state index in [-0.39, 0.29) is 17.1 Å². The monoisotopic (exact) mass is 533 g/mol. The van der Waals surface area contributed by atoms with Crippen molar-refractivity contribution in [3.8, 4) is 0 Å². The Morgan fingerprint density at radius 2 is 1.82 bits per heavy atom. The van der Waals surface area contributed by atoms with E-state index >= 15 is 0 Å². The van der Waals surface area contributed by atoms with E-state index in [9.17, 15) is 18.0 Å². The summed E-state index contributed by atoms with van der Waals surface area (Å²) in [6, 6.07) is -0.122. The van der Waals surface area contributed by atoms with Gasteiger partial charge in [0.25, 0.3) is 0 Å². The van der Waals surface area contributed by atoms with Gasteiger partial charge in [0.05, 0.1) is 17.8 Å². The lowest BCUT2D eigenvalue weighted by atomic mass is 9.67. The molecule has 0 aromatic rings. The Labute approximate surface area is 225 Å². The Kier molecular flexibility index (Phi) is 9.23. The Bertz CT molecular complexity index is 1010. The Balaban J connectivity index is 1.90. The van der Waals surface area contributed by atoms with Crippen LogP contribution in [0.15, 0.2) is 72.9 Å².